The predicted octanol–water partition coefficient (Wildman–Crippen LogP) is 2.26. The fourth-order valence-corrected chi connectivity index (χ4v) is 2.96. The lowest BCUT2D eigenvalue weighted by molar-refractivity contribution is 0.0527. The van der Waals surface area contributed by atoms with E-state index in [-0.39, 0.29) is 12.5 Å². The fraction of sp³-hybridized carbons (Fsp3) is 0.350. The SMILES string of the molecule is CCOC(=O)c1ccccc1NC(=O)c1cncc(N2CCN(C)CC2)c1. The van der Waals surface area contributed by atoms with Gasteiger partial charge in [-0.1, -0.05) is 12.1 Å². The molecule has 1 aliphatic rings. The molecule has 0 saturated carbocycles. The van der Waals surface area contributed by atoms with Crippen LogP contribution in [0.1, 0.15) is 27.6 Å². The molecule has 1 aromatic carbocycles. The van der Waals surface area contributed by atoms with E-state index in [2.05, 4.69) is 27.1 Å². The number of hydrogen-bond acceptors (Lipinski definition) is 6. The maximum absolute atomic E-state index is 12.7. The largest absolute Gasteiger partial charge is 0.462 e. The summed E-state index contributed by atoms with van der Waals surface area (Å²) in [4.78, 5) is 33.5. The van der Waals surface area contributed by atoms with E-state index in [9.17, 15) is 9.59 Å². The number of pyridine rings is 1. The summed E-state index contributed by atoms with van der Waals surface area (Å²) in [6.07, 6.45) is 3.30. The molecule has 27 heavy (non-hydrogen) atoms. The minimum Gasteiger partial charge on any atom is -0.462 e. The molecule has 1 aliphatic heterocycles. The van der Waals surface area contributed by atoms with Gasteiger partial charge in [-0.25, -0.2) is 4.79 Å². The first-order valence-electron chi connectivity index (χ1n) is 9.04. The number of hydrogen-bond donors (Lipinski definition) is 1. The van der Waals surface area contributed by atoms with Crippen LogP contribution < -0.4 is 10.2 Å². The first-order chi connectivity index (χ1) is 13.1. The Balaban J connectivity index is 1.76. The zero-order valence-corrected chi connectivity index (χ0v) is 15.6. The Morgan fingerprint density at radius 3 is 2.63 bits per heavy atom. The molecule has 2 aromatic rings. The first-order valence-corrected chi connectivity index (χ1v) is 9.04. The Morgan fingerprint density at radius 1 is 1.15 bits per heavy atom. The van der Waals surface area contributed by atoms with Crippen LogP contribution in [0.15, 0.2) is 42.7 Å². The number of rotatable bonds is 5. The zero-order valence-electron chi connectivity index (χ0n) is 15.6. The molecule has 0 aliphatic carbocycles. The van der Waals surface area contributed by atoms with Crippen LogP contribution >= 0.6 is 0 Å². The van der Waals surface area contributed by atoms with Gasteiger partial charge < -0.3 is 19.9 Å². The van der Waals surface area contributed by atoms with Gasteiger partial charge in [0.25, 0.3) is 5.91 Å². The normalized spacial score (nSPS) is 14.7. The molecule has 7 heteroatoms. The van der Waals surface area contributed by atoms with Crippen molar-refractivity contribution in [3.05, 3.63) is 53.9 Å². The Kier molecular flexibility index (Phi) is 6.03. The maximum atomic E-state index is 12.7. The molecule has 0 spiro atoms. The second-order valence-electron chi connectivity index (χ2n) is 6.44. The molecule has 0 bridgehead atoms. The van der Waals surface area contributed by atoms with Crippen molar-refractivity contribution in [3.63, 3.8) is 0 Å². The number of para-hydroxylation sites is 1. The number of amides is 1. The highest BCUT2D eigenvalue weighted by Gasteiger charge is 2.18. The van der Waals surface area contributed by atoms with E-state index in [0.717, 1.165) is 31.9 Å². The van der Waals surface area contributed by atoms with Gasteiger partial charge in [0, 0.05) is 32.4 Å². The van der Waals surface area contributed by atoms with Crippen LogP contribution in [-0.2, 0) is 4.74 Å². The molecule has 3 rings (SSSR count). The Bertz CT molecular complexity index is 816. The van der Waals surface area contributed by atoms with Gasteiger partial charge in [0.15, 0.2) is 0 Å². The number of nitrogens with one attached hydrogen (secondary N) is 1. The highest BCUT2D eigenvalue weighted by molar-refractivity contribution is 6.08. The summed E-state index contributed by atoms with van der Waals surface area (Å²) in [5.41, 5.74) is 2.13. The van der Waals surface area contributed by atoms with Crippen LogP contribution in [0.2, 0.25) is 0 Å². The van der Waals surface area contributed by atoms with Gasteiger partial charge in [-0.2, -0.15) is 0 Å². The highest BCUT2D eigenvalue weighted by atomic mass is 16.5. The van der Waals surface area contributed by atoms with Gasteiger partial charge in [-0.15, -0.1) is 0 Å². The summed E-state index contributed by atoms with van der Waals surface area (Å²) < 4.78 is 5.05. The van der Waals surface area contributed by atoms with Gasteiger partial charge >= 0.3 is 5.97 Å². The number of aromatic nitrogens is 1. The summed E-state index contributed by atoms with van der Waals surface area (Å²) in [6, 6.07) is 8.64. The number of ether oxygens (including phenoxy) is 1. The highest BCUT2D eigenvalue weighted by Crippen LogP contribution is 2.20. The fourth-order valence-electron chi connectivity index (χ4n) is 2.96. The van der Waals surface area contributed by atoms with Crippen LogP contribution in [0.3, 0.4) is 0 Å². The van der Waals surface area contributed by atoms with E-state index in [1.165, 1.54) is 6.20 Å². The Hall–Kier alpha value is -2.93. The van der Waals surface area contributed by atoms with E-state index in [1.54, 1.807) is 37.4 Å². The van der Waals surface area contributed by atoms with Gasteiger partial charge in [-0.05, 0) is 32.2 Å². The molecule has 2 heterocycles. The zero-order chi connectivity index (χ0) is 19.2. The standard InChI is InChI=1S/C20H24N4O3/c1-3-27-20(26)17-6-4-5-7-18(17)22-19(25)15-12-16(14-21-13-15)24-10-8-23(2)9-11-24/h4-7,12-14H,3,8-11H2,1-2H3,(H,22,25). The lowest BCUT2D eigenvalue weighted by Gasteiger charge is -2.33. The van der Waals surface area contributed by atoms with Crippen molar-refractivity contribution in [1.29, 1.82) is 0 Å². The summed E-state index contributed by atoms with van der Waals surface area (Å²) in [7, 11) is 2.10. The van der Waals surface area contributed by atoms with Crippen molar-refractivity contribution < 1.29 is 14.3 Å². The van der Waals surface area contributed by atoms with Crippen molar-refractivity contribution in [2.75, 3.05) is 50.1 Å². The van der Waals surface area contributed by atoms with Crippen LogP contribution in [0.5, 0.6) is 0 Å². The summed E-state index contributed by atoms with van der Waals surface area (Å²) >= 11 is 0. The number of piperazine rings is 1. The van der Waals surface area contributed by atoms with E-state index >= 15 is 0 Å². The smallest absolute Gasteiger partial charge is 0.340 e. The molecular formula is C20H24N4O3. The predicted molar refractivity (Wildman–Crippen MR) is 104 cm³/mol. The van der Waals surface area contributed by atoms with Crippen LogP contribution in [0.4, 0.5) is 11.4 Å². The quantitative estimate of drug-likeness (QED) is 0.816. The lowest BCUT2D eigenvalue weighted by Crippen LogP contribution is -2.44. The summed E-state index contributed by atoms with van der Waals surface area (Å²) in [5, 5.41) is 2.80. The third-order valence-corrected chi connectivity index (χ3v) is 4.53. The van der Waals surface area contributed by atoms with Crippen molar-refractivity contribution >= 4 is 23.3 Å². The molecule has 7 nitrogen and oxygen atoms in total. The van der Waals surface area contributed by atoms with Crippen molar-refractivity contribution in [3.8, 4) is 0 Å². The molecule has 0 unspecified atom stereocenters. The summed E-state index contributed by atoms with van der Waals surface area (Å²) in [6.45, 7) is 5.77. The Labute approximate surface area is 158 Å². The van der Waals surface area contributed by atoms with Crippen LogP contribution in [0.25, 0.3) is 0 Å². The molecular weight excluding hydrogens is 344 g/mol. The van der Waals surface area contributed by atoms with Gasteiger partial charge in [0.1, 0.15) is 0 Å². The van der Waals surface area contributed by atoms with Gasteiger partial charge in [0.2, 0.25) is 0 Å². The molecule has 1 N–H and O–H groups in total. The van der Waals surface area contributed by atoms with E-state index in [0.29, 0.717) is 16.8 Å². The molecule has 0 radical (unpaired) electrons. The topological polar surface area (TPSA) is 74.8 Å². The number of nitrogens with zero attached hydrogens (tertiary/aromatic N) is 3. The monoisotopic (exact) mass is 368 g/mol. The average Bonchev–Trinajstić information content (AvgIpc) is 2.69. The second-order valence-corrected chi connectivity index (χ2v) is 6.44. The molecule has 1 fully saturated rings. The van der Waals surface area contributed by atoms with Crippen molar-refractivity contribution in [2.24, 2.45) is 0 Å². The average molecular weight is 368 g/mol. The summed E-state index contributed by atoms with van der Waals surface area (Å²) in [5.74, 6) is -0.770. The Morgan fingerprint density at radius 2 is 1.89 bits per heavy atom. The third-order valence-electron chi connectivity index (χ3n) is 4.53. The van der Waals surface area contributed by atoms with Crippen LogP contribution in [-0.4, -0.2) is 61.6 Å². The number of esters is 1. The van der Waals surface area contributed by atoms with Crippen molar-refractivity contribution in [2.45, 2.75) is 6.92 Å². The first kappa shape index (κ1) is 18.8. The van der Waals surface area contributed by atoms with Gasteiger partial charge in [0.05, 0.1) is 35.3 Å². The molecule has 1 amide bonds. The number of benzene rings is 1. The minimum absolute atomic E-state index is 0.276. The molecule has 0 atom stereocenters. The number of anilines is 2. The molecule has 1 saturated heterocycles. The van der Waals surface area contributed by atoms with E-state index in [4.69, 9.17) is 4.74 Å². The van der Waals surface area contributed by atoms with Crippen molar-refractivity contribution in [1.82, 2.24) is 9.88 Å². The van der Waals surface area contributed by atoms with E-state index < -0.39 is 5.97 Å². The second kappa shape index (κ2) is 8.64. The third kappa shape index (κ3) is 4.62. The van der Waals surface area contributed by atoms with E-state index in [1.807, 2.05) is 6.07 Å². The number of carbonyl (C=O) groups excluding carboxylic acids is 2. The van der Waals surface area contributed by atoms with Crippen LogP contribution in [0, 0.1) is 0 Å². The number of carbonyl (C=O) groups is 2. The lowest BCUT2D eigenvalue weighted by atomic mass is 10.1. The molecule has 142 valence electrons. The minimum atomic E-state index is -0.460. The number of likely N-dealkylation sites (N-methyl/N-ethyl adjacent to an activating group) is 1. The molecule has 1 aromatic heterocycles. The van der Waals surface area contributed by atoms with Gasteiger partial charge in [-0.3, -0.25) is 9.78 Å². The maximum Gasteiger partial charge on any atom is 0.340 e.